The summed E-state index contributed by atoms with van der Waals surface area (Å²) in [6.45, 7) is 1.83. The molecule has 0 aliphatic rings. The molecule has 8 heteroatoms. The lowest BCUT2D eigenvalue weighted by atomic mass is 10.1. The highest BCUT2D eigenvalue weighted by Crippen LogP contribution is 2.21. The average Bonchev–Trinajstić information content (AvgIpc) is 2.64. The molecule has 0 atom stereocenters. The van der Waals surface area contributed by atoms with Crippen molar-refractivity contribution >= 4 is 38.9 Å². The maximum atomic E-state index is 13.0. The van der Waals surface area contributed by atoms with E-state index >= 15 is 0 Å². The van der Waals surface area contributed by atoms with E-state index in [4.69, 9.17) is 11.6 Å². The van der Waals surface area contributed by atoms with E-state index in [0.717, 1.165) is 17.7 Å². The third kappa shape index (κ3) is 4.68. The fourth-order valence-corrected chi connectivity index (χ4v) is 3.76. The van der Waals surface area contributed by atoms with E-state index in [9.17, 15) is 17.6 Å². The van der Waals surface area contributed by atoms with Crippen LogP contribution in [0, 0.1) is 12.7 Å². The number of nitrogens with one attached hydrogen (secondary N) is 2. The first kappa shape index (κ1) is 19.9. The summed E-state index contributed by atoms with van der Waals surface area (Å²) in [4.78, 5) is 12.3. The van der Waals surface area contributed by atoms with Gasteiger partial charge in [0.15, 0.2) is 0 Å². The zero-order chi connectivity index (χ0) is 20.3. The van der Waals surface area contributed by atoms with E-state index in [1.165, 1.54) is 36.4 Å². The summed E-state index contributed by atoms with van der Waals surface area (Å²) < 4.78 is 40.0. The van der Waals surface area contributed by atoms with Crippen LogP contribution in [0.5, 0.6) is 0 Å². The lowest BCUT2D eigenvalue weighted by molar-refractivity contribution is 0.102. The van der Waals surface area contributed by atoms with E-state index in [0.29, 0.717) is 16.3 Å². The highest BCUT2D eigenvalue weighted by atomic mass is 35.5. The Bertz CT molecular complexity index is 1120. The maximum absolute atomic E-state index is 13.0. The third-order valence-corrected chi connectivity index (χ3v) is 5.59. The second kappa shape index (κ2) is 8.00. The lowest BCUT2D eigenvalue weighted by Gasteiger charge is -2.10. The van der Waals surface area contributed by atoms with Gasteiger partial charge in [-0.25, -0.2) is 12.8 Å². The molecule has 0 saturated heterocycles. The van der Waals surface area contributed by atoms with Gasteiger partial charge in [-0.3, -0.25) is 9.52 Å². The molecular weight excluding hydrogens is 403 g/mol. The molecule has 3 aromatic rings. The normalized spacial score (nSPS) is 11.1. The Morgan fingerprint density at radius 3 is 2.21 bits per heavy atom. The standard InChI is InChI=1S/C20H16ClFN2O3S/c1-13-12-15(21)4-11-19(13)23-20(25)14-2-7-17(8-3-14)24-28(26,27)18-9-5-16(22)6-10-18/h2-12,24H,1H3,(H,23,25). The van der Waals surface area contributed by atoms with Crippen LogP contribution in [0.1, 0.15) is 15.9 Å². The van der Waals surface area contributed by atoms with Crippen LogP contribution in [-0.2, 0) is 10.0 Å². The van der Waals surface area contributed by atoms with Crippen LogP contribution >= 0.6 is 11.6 Å². The second-order valence-corrected chi connectivity index (χ2v) is 8.17. The monoisotopic (exact) mass is 418 g/mol. The van der Waals surface area contributed by atoms with Gasteiger partial charge in [-0.15, -0.1) is 0 Å². The van der Waals surface area contributed by atoms with Gasteiger partial charge in [0, 0.05) is 22.0 Å². The van der Waals surface area contributed by atoms with Crippen molar-refractivity contribution in [2.45, 2.75) is 11.8 Å². The Morgan fingerprint density at radius 2 is 1.61 bits per heavy atom. The Labute approximate surface area is 167 Å². The zero-order valence-electron chi connectivity index (χ0n) is 14.7. The fourth-order valence-electron chi connectivity index (χ4n) is 2.48. The van der Waals surface area contributed by atoms with Crippen LogP contribution in [0.4, 0.5) is 15.8 Å². The van der Waals surface area contributed by atoms with Gasteiger partial charge >= 0.3 is 0 Å². The molecule has 5 nitrogen and oxygen atoms in total. The van der Waals surface area contributed by atoms with Crippen molar-refractivity contribution < 1.29 is 17.6 Å². The smallest absolute Gasteiger partial charge is 0.261 e. The van der Waals surface area contributed by atoms with E-state index in [-0.39, 0.29) is 16.5 Å². The number of benzene rings is 3. The number of carbonyl (C=O) groups excluding carboxylic acids is 1. The number of rotatable bonds is 5. The molecule has 0 fully saturated rings. The molecule has 0 heterocycles. The average molecular weight is 419 g/mol. The number of sulfonamides is 1. The highest BCUT2D eigenvalue weighted by molar-refractivity contribution is 7.92. The minimum absolute atomic E-state index is 0.0612. The number of anilines is 2. The summed E-state index contributed by atoms with van der Waals surface area (Å²) in [6.07, 6.45) is 0. The summed E-state index contributed by atoms with van der Waals surface area (Å²) in [7, 11) is -3.85. The number of aryl methyl sites for hydroxylation is 1. The van der Waals surface area contributed by atoms with E-state index in [1.807, 2.05) is 6.92 Å². The van der Waals surface area contributed by atoms with E-state index in [2.05, 4.69) is 10.0 Å². The fraction of sp³-hybridized carbons (Fsp3) is 0.0500. The first-order chi connectivity index (χ1) is 13.2. The molecule has 0 bridgehead atoms. The topological polar surface area (TPSA) is 75.3 Å². The molecule has 0 unspecified atom stereocenters. The molecule has 2 N–H and O–H groups in total. The van der Waals surface area contributed by atoms with Gasteiger partial charge in [0.05, 0.1) is 4.90 Å². The van der Waals surface area contributed by atoms with Crippen LogP contribution in [0.2, 0.25) is 5.02 Å². The largest absolute Gasteiger partial charge is 0.322 e. The minimum Gasteiger partial charge on any atom is -0.322 e. The predicted molar refractivity (Wildman–Crippen MR) is 108 cm³/mol. The summed E-state index contributed by atoms with van der Waals surface area (Å²) in [5.41, 5.74) is 2.10. The Balaban J connectivity index is 1.72. The van der Waals surface area contributed by atoms with Gasteiger partial charge in [-0.05, 0) is 79.2 Å². The van der Waals surface area contributed by atoms with Gasteiger partial charge in [0.2, 0.25) is 0 Å². The Kier molecular flexibility index (Phi) is 5.67. The van der Waals surface area contributed by atoms with Crippen molar-refractivity contribution in [2.24, 2.45) is 0 Å². The van der Waals surface area contributed by atoms with E-state index < -0.39 is 15.8 Å². The summed E-state index contributed by atoms with van der Waals surface area (Å²) in [5, 5.41) is 3.36. The molecule has 0 saturated carbocycles. The number of halogens is 2. The molecule has 144 valence electrons. The number of carbonyl (C=O) groups is 1. The van der Waals surface area contributed by atoms with Gasteiger partial charge in [-0.1, -0.05) is 11.6 Å². The molecule has 3 aromatic carbocycles. The molecule has 0 spiro atoms. The van der Waals surface area contributed by atoms with Crippen molar-refractivity contribution in [3.8, 4) is 0 Å². The van der Waals surface area contributed by atoms with Crippen LogP contribution in [0.3, 0.4) is 0 Å². The first-order valence-corrected chi connectivity index (χ1v) is 10.1. The molecule has 0 aliphatic carbocycles. The van der Waals surface area contributed by atoms with Gasteiger partial charge < -0.3 is 5.32 Å². The molecule has 0 radical (unpaired) electrons. The van der Waals surface area contributed by atoms with Gasteiger partial charge in [-0.2, -0.15) is 0 Å². The minimum atomic E-state index is -3.85. The number of hydrogen-bond acceptors (Lipinski definition) is 3. The van der Waals surface area contributed by atoms with Crippen molar-refractivity contribution in [2.75, 3.05) is 10.0 Å². The number of amides is 1. The molecule has 1 amide bonds. The summed E-state index contributed by atoms with van der Waals surface area (Å²) in [5.74, 6) is -0.858. The van der Waals surface area contributed by atoms with Gasteiger partial charge in [0.1, 0.15) is 5.82 Å². The Morgan fingerprint density at radius 1 is 0.964 bits per heavy atom. The predicted octanol–water partition coefficient (Wildman–Crippen LogP) is 4.84. The SMILES string of the molecule is Cc1cc(Cl)ccc1NC(=O)c1ccc(NS(=O)(=O)c2ccc(F)cc2)cc1. The first-order valence-electron chi connectivity index (χ1n) is 8.20. The molecular formula is C20H16ClFN2O3S. The molecule has 0 aromatic heterocycles. The van der Waals surface area contributed by atoms with Crippen molar-refractivity contribution in [1.29, 1.82) is 0 Å². The van der Waals surface area contributed by atoms with Crippen molar-refractivity contribution in [1.82, 2.24) is 0 Å². The highest BCUT2D eigenvalue weighted by Gasteiger charge is 2.15. The van der Waals surface area contributed by atoms with Crippen LogP contribution in [0.15, 0.2) is 71.6 Å². The van der Waals surface area contributed by atoms with Crippen molar-refractivity contribution in [3.05, 3.63) is 88.7 Å². The molecule has 28 heavy (non-hydrogen) atoms. The number of hydrogen-bond donors (Lipinski definition) is 2. The molecule has 3 rings (SSSR count). The van der Waals surface area contributed by atoms with Crippen molar-refractivity contribution in [3.63, 3.8) is 0 Å². The van der Waals surface area contributed by atoms with Crippen LogP contribution in [0.25, 0.3) is 0 Å². The maximum Gasteiger partial charge on any atom is 0.261 e. The van der Waals surface area contributed by atoms with Crippen LogP contribution < -0.4 is 10.0 Å². The Hall–Kier alpha value is -2.90. The second-order valence-electron chi connectivity index (χ2n) is 6.05. The van der Waals surface area contributed by atoms with E-state index in [1.54, 1.807) is 18.2 Å². The lowest BCUT2D eigenvalue weighted by Crippen LogP contribution is -2.14. The third-order valence-electron chi connectivity index (χ3n) is 3.96. The van der Waals surface area contributed by atoms with Gasteiger partial charge in [0.25, 0.3) is 15.9 Å². The van der Waals surface area contributed by atoms with Crippen LogP contribution in [-0.4, -0.2) is 14.3 Å². The summed E-state index contributed by atoms with van der Waals surface area (Å²) in [6, 6.07) is 15.6. The zero-order valence-corrected chi connectivity index (χ0v) is 16.3. The quantitative estimate of drug-likeness (QED) is 0.622. The molecule has 0 aliphatic heterocycles. The summed E-state index contributed by atoms with van der Waals surface area (Å²) >= 11 is 5.91.